The highest BCUT2D eigenvalue weighted by Gasteiger charge is 2.13. The van der Waals surface area contributed by atoms with E-state index in [2.05, 4.69) is 5.32 Å². The summed E-state index contributed by atoms with van der Waals surface area (Å²) in [5, 5.41) is 14.0. The highest BCUT2D eigenvalue weighted by Crippen LogP contribution is 2.32. The maximum absolute atomic E-state index is 11.7. The summed E-state index contributed by atoms with van der Waals surface area (Å²) in [7, 11) is 0. The number of hydrogen-bond donors (Lipinski definition) is 3. The molecular formula is C15H16N2O3. The number of rotatable bonds is 4. The average molecular weight is 272 g/mol. The van der Waals surface area contributed by atoms with Gasteiger partial charge in [0.05, 0.1) is 5.56 Å². The molecule has 20 heavy (non-hydrogen) atoms. The molecule has 2 aromatic rings. The Morgan fingerprint density at radius 2 is 1.95 bits per heavy atom. The second kappa shape index (κ2) is 5.61. The van der Waals surface area contributed by atoms with Crippen LogP contribution in [0.4, 0.5) is 5.69 Å². The zero-order chi connectivity index (χ0) is 14.7. The van der Waals surface area contributed by atoms with Crippen molar-refractivity contribution in [3.63, 3.8) is 0 Å². The third-order valence-electron chi connectivity index (χ3n) is 3.05. The van der Waals surface area contributed by atoms with E-state index < -0.39 is 5.91 Å². The van der Waals surface area contributed by atoms with Crippen LogP contribution in [-0.4, -0.2) is 16.9 Å². The van der Waals surface area contributed by atoms with Crippen molar-refractivity contribution >= 4 is 28.3 Å². The fraction of sp³-hybridized carbons (Fsp3) is 0.200. The summed E-state index contributed by atoms with van der Waals surface area (Å²) in [6, 6.07) is 8.24. The zero-order valence-corrected chi connectivity index (χ0v) is 11.1. The van der Waals surface area contributed by atoms with Crippen LogP contribution >= 0.6 is 0 Å². The van der Waals surface area contributed by atoms with Crippen LogP contribution in [0.2, 0.25) is 0 Å². The van der Waals surface area contributed by atoms with Crippen LogP contribution in [0.3, 0.4) is 0 Å². The molecule has 0 aliphatic carbocycles. The highest BCUT2D eigenvalue weighted by molar-refractivity contribution is 6.08. The molecule has 0 spiro atoms. The second-order valence-corrected chi connectivity index (χ2v) is 4.52. The van der Waals surface area contributed by atoms with Gasteiger partial charge >= 0.3 is 0 Å². The number of fused-ring (bicyclic) bond motifs is 1. The number of anilines is 1. The lowest BCUT2D eigenvalue weighted by Gasteiger charge is -2.11. The Kier molecular flexibility index (Phi) is 3.89. The predicted molar refractivity (Wildman–Crippen MR) is 77.7 cm³/mol. The van der Waals surface area contributed by atoms with Crippen LogP contribution < -0.4 is 11.1 Å². The number of primary amides is 1. The van der Waals surface area contributed by atoms with Crippen LogP contribution in [0.15, 0.2) is 30.3 Å². The Bertz CT molecular complexity index is 680. The fourth-order valence-corrected chi connectivity index (χ4v) is 2.09. The van der Waals surface area contributed by atoms with Crippen LogP contribution in [0, 0.1) is 0 Å². The molecule has 2 aromatic carbocycles. The van der Waals surface area contributed by atoms with E-state index in [1.54, 1.807) is 24.3 Å². The third kappa shape index (κ3) is 2.56. The molecule has 4 N–H and O–H groups in total. The van der Waals surface area contributed by atoms with E-state index in [0.29, 0.717) is 22.9 Å². The summed E-state index contributed by atoms with van der Waals surface area (Å²) >= 11 is 0. The minimum absolute atomic E-state index is 0.0644. The molecule has 104 valence electrons. The van der Waals surface area contributed by atoms with Crippen molar-refractivity contribution in [2.75, 3.05) is 5.32 Å². The summed E-state index contributed by atoms with van der Waals surface area (Å²) < 4.78 is 0. The van der Waals surface area contributed by atoms with E-state index in [1.807, 2.05) is 6.92 Å². The van der Waals surface area contributed by atoms with Gasteiger partial charge in [0.25, 0.3) is 5.91 Å². The van der Waals surface area contributed by atoms with Crippen molar-refractivity contribution in [1.82, 2.24) is 0 Å². The van der Waals surface area contributed by atoms with Gasteiger partial charge in [-0.1, -0.05) is 25.1 Å². The van der Waals surface area contributed by atoms with Crippen LogP contribution in [0.5, 0.6) is 5.75 Å². The largest absolute Gasteiger partial charge is 0.506 e. The number of aromatic hydroxyl groups is 1. The second-order valence-electron chi connectivity index (χ2n) is 4.52. The Hall–Kier alpha value is -2.56. The first kappa shape index (κ1) is 13.9. The van der Waals surface area contributed by atoms with Gasteiger partial charge in [-0.15, -0.1) is 0 Å². The predicted octanol–water partition coefficient (Wildman–Crippen LogP) is 2.38. The summed E-state index contributed by atoms with van der Waals surface area (Å²) in [5.41, 5.74) is 5.86. The fourth-order valence-electron chi connectivity index (χ4n) is 2.09. The van der Waals surface area contributed by atoms with Crippen molar-refractivity contribution in [3.05, 3.63) is 35.9 Å². The summed E-state index contributed by atoms with van der Waals surface area (Å²) in [6.45, 7) is 1.92. The Balaban J connectivity index is 2.51. The molecule has 0 aromatic heterocycles. The molecule has 0 saturated carbocycles. The van der Waals surface area contributed by atoms with E-state index in [4.69, 9.17) is 5.73 Å². The van der Waals surface area contributed by atoms with Gasteiger partial charge in [0.1, 0.15) is 5.75 Å². The summed E-state index contributed by atoms with van der Waals surface area (Å²) in [6.07, 6.45) is 1.19. The molecule has 5 nitrogen and oxygen atoms in total. The molecule has 0 unspecified atom stereocenters. The smallest absolute Gasteiger partial charge is 0.252 e. The van der Waals surface area contributed by atoms with Gasteiger partial charge in [-0.2, -0.15) is 0 Å². The standard InChI is InChI=1S/C15H16N2O3/c1-2-4-13(18)17-12-6-3-5-10-9(12)7-8-11(14(10)19)15(16)20/h3,5-8,19H,2,4H2,1H3,(H2,16,20)(H,17,18). The normalized spacial score (nSPS) is 10.4. The first-order valence-corrected chi connectivity index (χ1v) is 6.39. The Labute approximate surface area is 116 Å². The number of nitrogens with two attached hydrogens (primary N) is 1. The van der Waals surface area contributed by atoms with Gasteiger partial charge in [0.15, 0.2) is 0 Å². The molecule has 2 rings (SSSR count). The molecule has 0 bridgehead atoms. The number of nitrogens with one attached hydrogen (secondary N) is 1. The molecule has 0 heterocycles. The Morgan fingerprint density at radius 3 is 2.60 bits per heavy atom. The highest BCUT2D eigenvalue weighted by atomic mass is 16.3. The van der Waals surface area contributed by atoms with Crippen molar-refractivity contribution in [3.8, 4) is 5.75 Å². The number of phenols is 1. The first-order valence-electron chi connectivity index (χ1n) is 6.39. The van der Waals surface area contributed by atoms with E-state index in [1.165, 1.54) is 6.07 Å². The molecular weight excluding hydrogens is 256 g/mol. The van der Waals surface area contributed by atoms with Crippen molar-refractivity contribution < 1.29 is 14.7 Å². The maximum Gasteiger partial charge on any atom is 0.252 e. The van der Waals surface area contributed by atoms with E-state index >= 15 is 0 Å². The van der Waals surface area contributed by atoms with Crippen molar-refractivity contribution in [2.24, 2.45) is 5.73 Å². The van der Waals surface area contributed by atoms with E-state index in [-0.39, 0.29) is 17.2 Å². The number of benzene rings is 2. The molecule has 0 atom stereocenters. The molecule has 0 saturated heterocycles. The van der Waals surface area contributed by atoms with Crippen LogP contribution in [-0.2, 0) is 4.79 Å². The van der Waals surface area contributed by atoms with Crippen molar-refractivity contribution in [2.45, 2.75) is 19.8 Å². The van der Waals surface area contributed by atoms with Gasteiger partial charge in [-0.25, -0.2) is 0 Å². The number of carbonyl (C=O) groups is 2. The minimum Gasteiger partial charge on any atom is -0.506 e. The van der Waals surface area contributed by atoms with Gasteiger partial charge in [0.2, 0.25) is 5.91 Å². The SMILES string of the molecule is CCCC(=O)Nc1cccc2c(O)c(C(N)=O)ccc12. The van der Waals surface area contributed by atoms with Gasteiger partial charge in [-0.3, -0.25) is 9.59 Å². The monoisotopic (exact) mass is 272 g/mol. The van der Waals surface area contributed by atoms with Crippen molar-refractivity contribution in [1.29, 1.82) is 0 Å². The summed E-state index contributed by atoms with van der Waals surface area (Å²) in [5.74, 6) is -0.940. The van der Waals surface area contributed by atoms with E-state index in [0.717, 1.165) is 6.42 Å². The quantitative estimate of drug-likeness (QED) is 0.797. The zero-order valence-electron chi connectivity index (χ0n) is 11.1. The minimum atomic E-state index is -0.690. The molecule has 0 radical (unpaired) electrons. The average Bonchev–Trinajstić information content (AvgIpc) is 2.40. The molecule has 0 fully saturated rings. The van der Waals surface area contributed by atoms with Crippen LogP contribution in [0.25, 0.3) is 10.8 Å². The summed E-state index contributed by atoms with van der Waals surface area (Å²) in [4.78, 5) is 22.9. The lowest BCUT2D eigenvalue weighted by molar-refractivity contribution is -0.116. The Morgan fingerprint density at radius 1 is 1.20 bits per heavy atom. The number of hydrogen-bond acceptors (Lipinski definition) is 3. The number of carbonyl (C=O) groups excluding carboxylic acids is 2. The topological polar surface area (TPSA) is 92.4 Å². The first-order chi connectivity index (χ1) is 9.54. The molecule has 5 heteroatoms. The third-order valence-corrected chi connectivity index (χ3v) is 3.05. The van der Waals surface area contributed by atoms with Gasteiger partial charge in [0, 0.05) is 22.9 Å². The van der Waals surface area contributed by atoms with Gasteiger partial charge < -0.3 is 16.2 Å². The van der Waals surface area contributed by atoms with Gasteiger partial charge in [-0.05, 0) is 18.6 Å². The molecule has 2 amide bonds. The lowest BCUT2D eigenvalue weighted by Crippen LogP contribution is -2.12. The van der Waals surface area contributed by atoms with Crippen LogP contribution in [0.1, 0.15) is 30.1 Å². The van der Waals surface area contributed by atoms with E-state index in [9.17, 15) is 14.7 Å². The molecule has 0 aliphatic rings. The number of amides is 2. The maximum atomic E-state index is 11.7. The molecule has 0 aliphatic heterocycles. The lowest BCUT2D eigenvalue weighted by atomic mass is 10.0.